The van der Waals surface area contributed by atoms with E-state index in [9.17, 15) is 0 Å². The second-order valence-electron chi connectivity index (χ2n) is 5.14. The van der Waals surface area contributed by atoms with Crippen LogP contribution in [0.5, 0.6) is 0 Å². The third-order valence-corrected chi connectivity index (χ3v) is 3.59. The summed E-state index contributed by atoms with van der Waals surface area (Å²) in [6, 6.07) is 4.38. The van der Waals surface area contributed by atoms with E-state index >= 15 is 0 Å². The highest BCUT2D eigenvalue weighted by molar-refractivity contribution is 4.97. The smallest absolute Gasteiger partial charge is 0.180 e. The fourth-order valence-corrected chi connectivity index (χ4v) is 2.38. The molecular formula is C14H20N6O. The second-order valence-corrected chi connectivity index (χ2v) is 5.14. The van der Waals surface area contributed by atoms with Gasteiger partial charge in [0.05, 0.1) is 24.7 Å². The molecule has 7 nitrogen and oxygen atoms in total. The molecule has 112 valence electrons. The monoisotopic (exact) mass is 288 g/mol. The predicted octanol–water partition coefficient (Wildman–Crippen LogP) is 1.18. The molecule has 0 spiro atoms. The lowest BCUT2D eigenvalue weighted by molar-refractivity contribution is -0.0369. The lowest BCUT2D eigenvalue weighted by atomic mass is 10.0. The number of H-pyrrole nitrogens is 1. The Morgan fingerprint density at radius 2 is 2.38 bits per heavy atom. The van der Waals surface area contributed by atoms with E-state index in [1.54, 1.807) is 0 Å². The molecule has 1 fully saturated rings. The average Bonchev–Trinajstić information content (AvgIpc) is 3.01. The van der Waals surface area contributed by atoms with E-state index in [1.165, 1.54) is 0 Å². The molecule has 0 amide bonds. The molecule has 1 aliphatic heterocycles. The number of hydrogen-bond donors (Lipinski definition) is 1. The molecule has 1 N–H and O–H groups in total. The van der Waals surface area contributed by atoms with Crippen molar-refractivity contribution in [1.82, 2.24) is 20.1 Å². The van der Waals surface area contributed by atoms with E-state index in [0.29, 0.717) is 38.4 Å². The van der Waals surface area contributed by atoms with Crippen LogP contribution in [-0.4, -0.2) is 46.3 Å². The number of morpholine rings is 1. The van der Waals surface area contributed by atoms with Gasteiger partial charge in [0.2, 0.25) is 0 Å². The lowest BCUT2D eigenvalue weighted by Gasteiger charge is -2.32. The number of hydrogen-bond acceptors (Lipinski definition) is 6. The fourth-order valence-electron chi connectivity index (χ4n) is 2.38. The molecule has 2 heterocycles. The Kier molecular flexibility index (Phi) is 5.68. The molecule has 2 atom stereocenters. The standard InChI is InChI=1S/C14H20N6O/c1-2-13-17-14(19-18-13)12-10-20(6-7-21-12)9-11(8-16)4-3-5-15/h11-12H,2-4,6-7,9-10H2,1H3,(H,17,18,19). The van der Waals surface area contributed by atoms with Gasteiger partial charge in [0.1, 0.15) is 11.9 Å². The molecule has 0 saturated carbocycles. The van der Waals surface area contributed by atoms with Crippen molar-refractivity contribution in [1.29, 1.82) is 10.5 Å². The number of aromatic nitrogens is 3. The quantitative estimate of drug-likeness (QED) is 0.843. The van der Waals surface area contributed by atoms with Crippen molar-refractivity contribution in [2.75, 3.05) is 26.2 Å². The molecule has 1 aliphatic rings. The van der Waals surface area contributed by atoms with Crippen LogP contribution in [0.3, 0.4) is 0 Å². The molecule has 2 unspecified atom stereocenters. The highest BCUT2D eigenvalue weighted by Gasteiger charge is 2.26. The molecule has 21 heavy (non-hydrogen) atoms. The van der Waals surface area contributed by atoms with Crippen molar-refractivity contribution in [2.45, 2.75) is 32.3 Å². The van der Waals surface area contributed by atoms with Crippen LogP contribution in [-0.2, 0) is 11.2 Å². The summed E-state index contributed by atoms with van der Waals surface area (Å²) in [5, 5.41) is 24.9. The van der Waals surface area contributed by atoms with Crippen LogP contribution in [0, 0.1) is 28.6 Å². The van der Waals surface area contributed by atoms with Crippen LogP contribution >= 0.6 is 0 Å². The normalized spacial score (nSPS) is 20.6. The van der Waals surface area contributed by atoms with Crippen LogP contribution in [0.25, 0.3) is 0 Å². The number of ether oxygens (including phenoxy) is 1. The van der Waals surface area contributed by atoms with Gasteiger partial charge in [-0.15, -0.1) is 0 Å². The first-order valence-electron chi connectivity index (χ1n) is 7.28. The molecule has 1 aromatic heterocycles. The summed E-state index contributed by atoms with van der Waals surface area (Å²) in [6.45, 7) is 4.78. The summed E-state index contributed by atoms with van der Waals surface area (Å²) >= 11 is 0. The molecule has 0 radical (unpaired) electrons. The van der Waals surface area contributed by atoms with Crippen LogP contribution in [0.2, 0.25) is 0 Å². The lowest BCUT2D eigenvalue weighted by Crippen LogP contribution is -2.41. The summed E-state index contributed by atoms with van der Waals surface area (Å²) in [5.41, 5.74) is 0. The highest BCUT2D eigenvalue weighted by Crippen LogP contribution is 2.20. The van der Waals surface area contributed by atoms with Crippen LogP contribution in [0.1, 0.15) is 37.5 Å². The maximum absolute atomic E-state index is 9.15. The van der Waals surface area contributed by atoms with Crippen molar-refractivity contribution in [3.05, 3.63) is 11.6 Å². The topological polar surface area (TPSA) is 102 Å². The maximum Gasteiger partial charge on any atom is 0.180 e. The van der Waals surface area contributed by atoms with Crippen molar-refractivity contribution < 1.29 is 4.74 Å². The van der Waals surface area contributed by atoms with Gasteiger partial charge in [-0.25, -0.2) is 4.98 Å². The Morgan fingerprint density at radius 3 is 3.05 bits per heavy atom. The molecular weight excluding hydrogens is 268 g/mol. The minimum Gasteiger partial charge on any atom is -0.367 e. The van der Waals surface area contributed by atoms with Gasteiger partial charge < -0.3 is 4.74 Å². The van der Waals surface area contributed by atoms with Gasteiger partial charge in [0.15, 0.2) is 5.82 Å². The zero-order chi connectivity index (χ0) is 15.1. The van der Waals surface area contributed by atoms with Crippen LogP contribution in [0.4, 0.5) is 0 Å². The van der Waals surface area contributed by atoms with Gasteiger partial charge in [0.25, 0.3) is 0 Å². The number of aromatic amines is 1. The van der Waals surface area contributed by atoms with Crippen molar-refractivity contribution in [2.24, 2.45) is 5.92 Å². The van der Waals surface area contributed by atoms with Crippen LogP contribution < -0.4 is 0 Å². The number of nitriles is 2. The zero-order valence-electron chi connectivity index (χ0n) is 12.2. The number of rotatable bonds is 6. The first-order valence-corrected chi connectivity index (χ1v) is 7.28. The highest BCUT2D eigenvalue weighted by atomic mass is 16.5. The van der Waals surface area contributed by atoms with E-state index in [2.05, 4.69) is 32.2 Å². The first kappa shape index (κ1) is 15.4. The van der Waals surface area contributed by atoms with Crippen LogP contribution in [0.15, 0.2) is 0 Å². The molecule has 0 aromatic carbocycles. The Morgan fingerprint density at radius 1 is 1.52 bits per heavy atom. The molecule has 1 saturated heterocycles. The Balaban J connectivity index is 1.91. The Labute approximate surface area is 124 Å². The molecule has 1 aromatic rings. The van der Waals surface area contributed by atoms with Gasteiger partial charge >= 0.3 is 0 Å². The third kappa shape index (κ3) is 4.25. The Bertz CT molecular complexity index is 528. The van der Waals surface area contributed by atoms with Gasteiger partial charge in [-0.1, -0.05) is 6.92 Å². The molecule has 0 aliphatic carbocycles. The number of nitrogens with zero attached hydrogens (tertiary/aromatic N) is 5. The summed E-state index contributed by atoms with van der Waals surface area (Å²) < 4.78 is 5.73. The van der Waals surface area contributed by atoms with Gasteiger partial charge in [-0.3, -0.25) is 10.00 Å². The van der Waals surface area contributed by atoms with E-state index in [0.717, 1.165) is 18.8 Å². The maximum atomic E-state index is 9.15. The predicted molar refractivity (Wildman–Crippen MR) is 74.8 cm³/mol. The minimum absolute atomic E-state index is 0.109. The summed E-state index contributed by atoms with van der Waals surface area (Å²) in [4.78, 5) is 6.61. The third-order valence-electron chi connectivity index (χ3n) is 3.59. The Hall–Kier alpha value is -1.96. The fraction of sp³-hybridized carbons (Fsp3) is 0.714. The average molecular weight is 288 g/mol. The van der Waals surface area contributed by atoms with E-state index < -0.39 is 0 Å². The first-order chi connectivity index (χ1) is 10.3. The van der Waals surface area contributed by atoms with Gasteiger partial charge in [-0.2, -0.15) is 15.6 Å². The molecule has 7 heteroatoms. The van der Waals surface area contributed by atoms with Crippen molar-refractivity contribution in [3.63, 3.8) is 0 Å². The van der Waals surface area contributed by atoms with E-state index in [-0.39, 0.29) is 12.0 Å². The minimum atomic E-state index is -0.148. The van der Waals surface area contributed by atoms with E-state index in [4.69, 9.17) is 15.3 Å². The SMILES string of the molecule is CCc1nc(C2CN(CC(C#N)CCC#N)CCO2)n[nH]1. The van der Waals surface area contributed by atoms with Crippen molar-refractivity contribution in [3.8, 4) is 12.1 Å². The largest absolute Gasteiger partial charge is 0.367 e. The molecule has 2 rings (SSSR count). The van der Waals surface area contributed by atoms with Crippen molar-refractivity contribution >= 4 is 0 Å². The zero-order valence-corrected chi connectivity index (χ0v) is 12.2. The van der Waals surface area contributed by atoms with Gasteiger partial charge in [0, 0.05) is 32.5 Å². The summed E-state index contributed by atoms with van der Waals surface area (Å²) in [7, 11) is 0. The summed E-state index contributed by atoms with van der Waals surface area (Å²) in [5.74, 6) is 1.43. The molecule has 0 bridgehead atoms. The number of aryl methyl sites for hydroxylation is 1. The number of nitrogens with one attached hydrogen (secondary N) is 1. The summed E-state index contributed by atoms with van der Waals surface area (Å²) in [6.07, 6.45) is 1.71. The van der Waals surface area contributed by atoms with Gasteiger partial charge in [-0.05, 0) is 6.42 Å². The second kappa shape index (κ2) is 7.72. The van der Waals surface area contributed by atoms with E-state index in [1.807, 2.05) is 6.92 Å².